The summed E-state index contributed by atoms with van der Waals surface area (Å²) in [6.07, 6.45) is 0. The molecule has 1 aliphatic rings. The molecule has 0 saturated heterocycles. The fourth-order valence-electron chi connectivity index (χ4n) is 2.01. The highest BCUT2D eigenvalue weighted by atomic mass is 16.7. The van der Waals surface area contributed by atoms with Crippen LogP contribution in [-0.4, -0.2) is 11.7 Å². The van der Waals surface area contributed by atoms with E-state index in [1.165, 1.54) is 6.07 Å². The maximum atomic E-state index is 10.5. The second kappa shape index (κ2) is 5.22. The quantitative estimate of drug-likeness (QED) is 0.665. The molecule has 20 heavy (non-hydrogen) atoms. The molecule has 2 heterocycles. The van der Waals surface area contributed by atoms with Crippen LogP contribution >= 0.6 is 0 Å². The molecule has 0 radical (unpaired) electrons. The summed E-state index contributed by atoms with van der Waals surface area (Å²) in [5.74, 6) is 1.74. The molecule has 0 atom stereocenters. The highest BCUT2D eigenvalue weighted by Gasteiger charge is 2.17. The standard InChI is InChI=1S/C13H12N2O5/c16-15(17)12-5-4-10(20-12)7-14-6-9-2-1-3-11-13(9)19-8-18-11/h1-5,14H,6-8H2. The average molecular weight is 276 g/mol. The molecule has 0 saturated carbocycles. The molecule has 1 aromatic carbocycles. The normalized spacial score (nSPS) is 12.6. The van der Waals surface area contributed by atoms with Crippen LogP contribution < -0.4 is 14.8 Å². The van der Waals surface area contributed by atoms with E-state index < -0.39 is 4.92 Å². The molecule has 0 spiro atoms. The summed E-state index contributed by atoms with van der Waals surface area (Å²) in [5, 5.41) is 13.6. The fourth-order valence-corrected chi connectivity index (χ4v) is 2.01. The molecule has 0 fully saturated rings. The van der Waals surface area contributed by atoms with E-state index in [9.17, 15) is 10.1 Å². The Kier molecular flexibility index (Phi) is 3.26. The molecule has 2 aromatic rings. The van der Waals surface area contributed by atoms with Crippen molar-refractivity contribution in [2.24, 2.45) is 0 Å². The van der Waals surface area contributed by atoms with Gasteiger partial charge in [-0.25, -0.2) is 0 Å². The van der Waals surface area contributed by atoms with Crippen LogP contribution in [0.3, 0.4) is 0 Å². The maximum absolute atomic E-state index is 10.5. The van der Waals surface area contributed by atoms with Crippen molar-refractivity contribution in [1.29, 1.82) is 0 Å². The van der Waals surface area contributed by atoms with Crippen LogP contribution in [0.15, 0.2) is 34.7 Å². The first-order chi connectivity index (χ1) is 9.74. The number of hydrogen-bond donors (Lipinski definition) is 1. The Bertz CT molecular complexity index is 637. The Morgan fingerprint density at radius 2 is 2.10 bits per heavy atom. The third-order valence-corrected chi connectivity index (χ3v) is 2.92. The van der Waals surface area contributed by atoms with Crippen molar-refractivity contribution in [3.05, 3.63) is 51.8 Å². The van der Waals surface area contributed by atoms with Crippen molar-refractivity contribution < 1.29 is 18.8 Å². The van der Waals surface area contributed by atoms with E-state index in [0.29, 0.717) is 18.8 Å². The van der Waals surface area contributed by atoms with E-state index in [2.05, 4.69) is 5.32 Å². The first-order valence-corrected chi connectivity index (χ1v) is 6.05. The number of rotatable bonds is 5. The summed E-state index contributed by atoms with van der Waals surface area (Å²) in [5.41, 5.74) is 0.973. The van der Waals surface area contributed by atoms with Gasteiger partial charge in [-0.05, 0) is 12.1 Å². The Morgan fingerprint density at radius 1 is 1.20 bits per heavy atom. The number of benzene rings is 1. The molecule has 0 amide bonds. The molecule has 104 valence electrons. The van der Waals surface area contributed by atoms with Crippen molar-refractivity contribution in [2.45, 2.75) is 13.1 Å². The lowest BCUT2D eigenvalue weighted by atomic mass is 10.2. The van der Waals surface area contributed by atoms with Gasteiger partial charge >= 0.3 is 5.88 Å². The molecular weight excluding hydrogens is 264 g/mol. The topological polar surface area (TPSA) is 86.8 Å². The molecule has 3 rings (SSSR count). The zero-order chi connectivity index (χ0) is 13.9. The van der Waals surface area contributed by atoms with Crippen molar-refractivity contribution in [1.82, 2.24) is 5.32 Å². The van der Waals surface area contributed by atoms with Crippen LogP contribution in [0.25, 0.3) is 0 Å². The fraction of sp³-hybridized carbons (Fsp3) is 0.231. The van der Waals surface area contributed by atoms with E-state index in [0.717, 1.165) is 17.1 Å². The minimum atomic E-state index is -0.557. The van der Waals surface area contributed by atoms with Crippen LogP contribution in [0.2, 0.25) is 0 Å². The summed E-state index contributed by atoms with van der Waals surface area (Å²) in [6.45, 7) is 1.19. The zero-order valence-electron chi connectivity index (χ0n) is 10.5. The zero-order valence-corrected chi connectivity index (χ0v) is 10.5. The van der Waals surface area contributed by atoms with E-state index >= 15 is 0 Å². The van der Waals surface area contributed by atoms with Crippen molar-refractivity contribution >= 4 is 5.88 Å². The van der Waals surface area contributed by atoms with Gasteiger partial charge in [-0.2, -0.15) is 0 Å². The molecule has 7 heteroatoms. The van der Waals surface area contributed by atoms with Gasteiger partial charge in [0, 0.05) is 12.1 Å². The molecule has 1 N–H and O–H groups in total. The van der Waals surface area contributed by atoms with Crippen LogP contribution in [0.5, 0.6) is 11.5 Å². The van der Waals surface area contributed by atoms with Gasteiger partial charge in [0.2, 0.25) is 6.79 Å². The minimum absolute atomic E-state index is 0.233. The van der Waals surface area contributed by atoms with Gasteiger partial charge in [0.25, 0.3) is 0 Å². The number of nitrogens with zero attached hydrogens (tertiary/aromatic N) is 1. The number of fused-ring (bicyclic) bond motifs is 1. The van der Waals surface area contributed by atoms with Gasteiger partial charge in [-0.1, -0.05) is 12.1 Å². The van der Waals surface area contributed by atoms with Crippen LogP contribution in [0.4, 0.5) is 5.88 Å². The summed E-state index contributed by atoms with van der Waals surface area (Å²) in [6, 6.07) is 8.60. The largest absolute Gasteiger partial charge is 0.454 e. The van der Waals surface area contributed by atoms with Crippen molar-refractivity contribution in [2.75, 3.05) is 6.79 Å². The SMILES string of the molecule is O=[N+]([O-])c1ccc(CNCc2cccc3c2OCO3)o1. The number of para-hydroxylation sites is 1. The van der Waals surface area contributed by atoms with Gasteiger partial charge in [0.15, 0.2) is 11.5 Å². The Labute approximate surface area is 114 Å². The summed E-state index contributed by atoms with van der Waals surface area (Å²) in [4.78, 5) is 9.94. The number of furan rings is 1. The number of nitrogens with one attached hydrogen (secondary N) is 1. The van der Waals surface area contributed by atoms with Crippen LogP contribution in [0, 0.1) is 10.1 Å². The lowest BCUT2D eigenvalue weighted by molar-refractivity contribution is -0.402. The van der Waals surface area contributed by atoms with Gasteiger partial charge in [0.1, 0.15) is 10.7 Å². The second-order valence-corrected chi connectivity index (χ2v) is 4.25. The Morgan fingerprint density at radius 3 is 2.90 bits per heavy atom. The van der Waals surface area contributed by atoms with E-state index in [4.69, 9.17) is 13.9 Å². The molecule has 0 bridgehead atoms. The van der Waals surface area contributed by atoms with Crippen LogP contribution in [-0.2, 0) is 13.1 Å². The van der Waals surface area contributed by atoms with E-state index in [-0.39, 0.29) is 12.7 Å². The summed E-state index contributed by atoms with van der Waals surface area (Å²) >= 11 is 0. The first-order valence-electron chi connectivity index (χ1n) is 6.05. The van der Waals surface area contributed by atoms with Gasteiger partial charge in [-0.15, -0.1) is 0 Å². The molecule has 0 aliphatic carbocycles. The van der Waals surface area contributed by atoms with Gasteiger partial charge in [-0.3, -0.25) is 10.1 Å². The predicted molar refractivity (Wildman–Crippen MR) is 68.5 cm³/mol. The van der Waals surface area contributed by atoms with Crippen molar-refractivity contribution in [3.63, 3.8) is 0 Å². The Balaban J connectivity index is 1.60. The van der Waals surface area contributed by atoms with Crippen molar-refractivity contribution in [3.8, 4) is 11.5 Å². The smallest absolute Gasteiger partial charge is 0.433 e. The maximum Gasteiger partial charge on any atom is 0.433 e. The van der Waals surface area contributed by atoms with Crippen LogP contribution in [0.1, 0.15) is 11.3 Å². The lowest BCUT2D eigenvalue weighted by Gasteiger charge is -2.06. The highest BCUT2D eigenvalue weighted by Crippen LogP contribution is 2.35. The van der Waals surface area contributed by atoms with E-state index in [1.54, 1.807) is 6.07 Å². The summed E-state index contributed by atoms with van der Waals surface area (Å²) in [7, 11) is 0. The summed E-state index contributed by atoms with van der Waals surface area (Å²) < 4.78 is 15.7. The predicted octanol–water partition coefficient (Wildman–Crippen LogP) is 2.21. The molecule has 7 nitrogen and oxygen atoms in total. The number of ether oxygens (including phenoxy) is 2. The van der Waals surface area contributed by atoms with Gasteiger partial charge < -0.3 is 19.2 Å². The molecular formula is C13H12N2O5. The Hall–Kier alpha value is -2.54. The third-order valence-electron chi connectivity index (χ3n) is 2.92. The molecule has 1 aliphatic heterocycles. The first kappa shape index (κ1) is 12.5. The molecule has 0 unspecified atom stereocenters. The van der Waals surface area contributed by atoms with Gasteiger partial charge in [0.05, 0.1) is 12.6 Å². The van der Waals surface area contributed by atoms with E-state index in [1.807, 2.05) is 18.2 Å². The number of hydrogen-bond acceptors (Lipinski definition) is 6. The highest BCUT2D eigenvalue weighted by molar-refractivity contribution is 5.48. The monoisotopic (exact) mass is 276 g/mol. The second-order valence-electron chi connectivity index (χ2n) is 4.25. The average Bonchev–Trinajstić information content (AvgIpc) is 3.07. The lowest BCUT2D eigenvalue weighted by Crippen LogP contribution is -2.12. The minimum Gasteiger partial charge on any atom is -0.454 e. The molecule has 1 aromatic heterocycles. The number of nitro groups is 1. The third kappa shape index (κ3) is 2.43.